The Morgan fingerprint density at radius 3 is 2.23 bits per heavy atom. The molecule has 0 aromatic heterocycles. The number of nitrogens with one attached hydrogen (secondary N) is 3. The fraction of sp³-hybridized carbons (Fsp3) is 0.375. The summed E-state index contributed by atoms with van der Waals surface area (Å²) >= 11 is 0. The van der Waals surface area contributed by atoms with Gasteiger partial charge in [-0.15, -0.1) is 0 Å². The molecule has 2 atom stereocenters. The topological polar surface area (TPSA) is 97.9 Å². The van der Waals surface area contributed by atoms with Gasteiger partial charge >= 0.3 is 0 Å². The molecule has 0 heterocycles. The Morgan fingerprint density at radius 1 is 0.900 bits per heavy atom. The number of rotatable bonds is 15. The zero-order valence-electron chi connectivity index (χ0n) is 24.1. The van der Waals surface area contributed by atoms with Gasteiger partial charge in [0.25, 0.3) is 5.91 Å². The van der Waals surface area contributed by atoms with Crippen LogP contribution in [0.5, 0.6) is 17.2 Å². The number of benzene rings is 3. The predicted octanol–water partition coefficient (Wildman–Crippen LogP) is 4.69. The molecule has 8 nitrogen and oxygen atoms in total. The molecule has 0 saturated heterocycles. The van der Waals surface area contributed by atoms with Gasteiger partial charge in [0.05, 0.1) is 20.3 Å². The number of carbonyl (C=O) groups is 2. The fourth-order valence-corrected chi connectivity index (χ4v) is 4.40. The Bertz CT molecular complexity index is 1230. The molecule has 3 rings (SSSR count). The summed E-state index contributed by atoms with van der Waals surface area (Å²) in [6, 6.07) is 20.5. The number of amides is 2. The second kappa shape index (κ2) is 15.5. The van der Waals surface area contributed by atoms with E-state index in [1.54, 1.807) is 14.2 Å². The first-order chi connectivity index (χ1) is 19.4. The van der Waals surface area contributed by atoms with E-state index in [0.29, 0.717) is 18.7 Å². The molecular weight excluding hydrogens is 506 g/mol. The second-order valence-electron chi connectivity index (χ2n) is 9.65. The molecule has 0 aliphatic carbocycles. The van der Waals surface area contributed by atoms with E-state index < -0.39 is 6.04 Å². The van der Waals surface area contributed by atoms with Crippen LogP contribution < -0.4 is 30.2 Å². The van der Waals surface area contributed by atoms with E-state index in [1.165, 1.54) is 0 Å². The van der Waals surface area contributed by atoms with Gasteiger partial charge < -0.3 is 30.2 Å². The van der Waals surface area contributed by atoms with E-state index >= 15 is 0 Å². The Balaban J connectivity index is 1.57. The van der Waals surface area contributed by atoms with Crippen LogP contribution in [0.15, 0.2) is 66.7 Å². The van der Waals surface area contributed by atoms with Gasteiger partial charge in [0.1, 0.15) is 23.3 Å². The highest BCUT2D eigenvalue weighted by Crippen LogP contribution is 2.33. The van der Waals surface area contributed by atoms with Crippen LogP contribution >= 0.6 is 0 Å². The van der Waals surface area contributed by atoms with Gasteiger partial charge in [-0.25, -0.2) is 0 Å². The second-order valence-corrected chi connectivity index (χ2v) is 9.65. The minimum Gasteiger partial charge on any atom is -0.497 e. The fourth-order valence-electron chi connectivity index (χ4n) is 4.40. The van der Waals surface area contributed by atoms with Gasteiger partial charge in [-0.1, -0.05) is 61.7 Å². The van der Waals surface area contributed by atoms with Crippen molar-refractivity contribution in [3.8, 4) is 17.2 Å². The SMILES string of the molecule is CCCCC(NC(=O)COc1ccc(C(NC)c2ccc(OC)cc2OC)cc1)C(=O)NCc1ccc(C)cc1. The maximum Gasteiger partial charge on any atom is 0.258 e. The molecule has 0 aliphatic rings. The number of unbranched alkanes of at least 4 members (excludes halogenated alkanes) is 1. The van der Waals surface area contributed by atoms with Crippen LogP contribution in [0.2, 0.25) is 0 Å². The van der Waals surface area contributed by atoms with Gasteiger partial charge in [0, 0.05) is 18.2 Å². The number of methoxy groups -OCH3 is 2. The molecule has 3 aromatic carbocycles. The summed E-state index contributed by atoms with van der Waals surface area (Å²) in [4.78, 5) is 25.5. The highest BCUT2D eigenvalue weighted by atomic mass is 16.5. The van der Waals surface area contributed by atoms with Gasteiger partial charge in [-0.3, -0.25) is 9.59 Å². The number of carbonyl (C=O) groups excluding carboxylic acids is 2. The quantitative estimate of drug-likeness (QED) is 0.255. The van der Waals surface area contributed by atoms with Crippen LogP contribution in [0.1, 0.15) is 54.5 Å². The van der Waals surface area contributed by atoms with Crippen molar-refractivity contribution < 1.29 is 23.8 Å². The summed E-state index contributed by atoms with van der Waals surface area (Å²) in [6.45, 7) is 4.30. The van der Waals surface area contributed by atoms with E-state index in [2.05, 4.69) is 22.9 Å². The zero-order chi connectivity index (χ0) is 28.9. The van der Waals surface area contributed by atoms with E-state index in [1.807, 2.05) is 80.7 Å². The van der Waals surface area contributed by atoms with E-state index in [-0.39, 0.29) is 24.5 Å². The molecule has 0 aliphatic heterocycles. The highest BCUT2D eigenvalue weighted by molar-refractivity contribution is 5.88. The number of hydrogen-bond donors (Lipinski definition) is 3. The van der Waals surface area contributed by atoms with Crippen molar-refractivity contribution in [2.24, 2.45) is 0 Å². The first-order valence-corrected chi connectivity index (χ1v) is 13.6. The Morgan fingerprint density at radius 2 is 1.60 bits per heavy atom. The van der Waals surface area contributed by atoms with Crippen molar-refractivity contribution in [2.75, 3.05) is 27.9 Å². The van der Waals surface area contributed by atoms with Crippen molar-refractivity contribution in [3.05, 3.63) is 89.0 Å². The number of ether oxygens (including phenoxy) is 3. The normalized spacial score (nSPS) is 12.2. The molecule has 3 N–H and O–H groups in total. The molecule has 2 amide bonds. The van der Waals surface area contributed by atoms with Crippen molar-refractivity contribution in [2.45, 2.75) is 51.7 Å². The van der Waals surface area contributed by atoms with Crippen LogP contribution in [0, 0.1) is 6.92 Å². The van der Waals surface area contributed by atoms with Crippen LogP contribution in [-0.2, 0) is 16.1 Å². The van der Waals surface area contributed by atoms with Crippen molar-refractivity contribution in [1.82, 2.24) is 16.0 Å². The average molecular weight is 548 g/mol. The molecule has 40 heavy (non-hydrogen) atoms. The molecule has 0 radical (unpaired) electrons. The summed E-state index contributed by atoms with van der Waals surface area (Å²) in [7, 11) is 5.14. The molecule has 2 unspecified atom stereocenters. The molecule has 8 heteroatoms. The summed E-state index contributed by atoms with van der Waals surface area (Å²) in [5, 5.41) is 9.10. The van der Waals surface area contributed by atoms with E-state index in [0.717, 1.165) is 46.6 Å². The summed E-state index contributed by atoms with van der Waals surface area (Å²) in [6.07, 6.45) is 2.32. The lowest BCUT2D eigenvalue weighted by Gasteiger charge is -2.21. The largest absolute Gasteiger partial charge is 0.497 e. The van der Waals surface area contributed by atoms with Gasteiger partial charge in [-0.2, -0.15) is 0 Å². The minimum absolute atomic E-state index is 0.115. The van der Waals surface area contributed by atoms with E-state index in [4.69, 9.17) is 14.2 Å². The lowest BCUT2D eigenvalue weighted by molar-refractivity contribution is -0.130. The Kier molecular flexibility index (Phi) is 11.8. The third kappa shape index (κ3) is 8.74. The average Bonchev–Trinajstić information content (AvgIpc) is 2.98. The van der Waals surface area contributed by atoms with Crippen molar-refractivity contribution in [1.29, 1.82) is 0 Å². The predicted molar refractivity (Wildman–Crippen MR) is 157 cm³/mol. The smallest absolute Gasteiger partial charge is 0.258 e. The summed E-state index contributed by atoms with van der Waals surface area (Å²) < 4.78 is 16.6. The lowest BCUT2D eigenvalue weighted by Crippen LogP contribution is -2.47. The van der Waals surface area contributed by atoms with Crippen LogP contribution in [0.4, 0.5) is 0 Å². The Labute approximate surface area is 237 Å². The van der Waals surface area contributed by atoms with Gasteiger partial charge in [-0.05, 0) is 55.8 Å². The van der Waals surface area contributed by atoms with Crippen LogP contribution in [0.3, 0.4) is 0 Å². The summed E-state index contributed by atoms with van der Waals surface area (Å²) in [5.41, 5.74) is 4.15. The first-order valence-electron chi connectivity index (χ1n) is 13.6. The third-order valence-corrected chi connectivity index (χ3v) is 6.71. The molecule has 0 fully saturated rings. The van der Waals surface area contributed by atoms with Gasteiger partial charge in [0.15, 0.2) is 6.61 Å². The molecule has 0 spiro atoms. The van der Waals surface area contributed by atoms with Gasteiger partial charge in [0.2, 0.25) is 5.91 Å². The lowest BCUT2D eigenvalue weighted by atomic mass is 9.97. The molecular formula is C32H41N3O5. The van der Waals surface area contributed by atoms with Crippen molar-refractivity contribution >= 4 is 11.8 Å². The van der Waals surface area contributed by atoms with E-state index in [9.17, 15) is 9.59 Å². The molecule has 0 bridgehead atoms. The number of aryl methyl sites for hydroxylation is 1. The number of hydrogen-bond acceptors (Lipinski definition) is 6. The first kappa shape index (κ1) is 30.5. The third-order valence-electron chi connectivity index (χ3n) is 6.71. The standard InChI is InChI=1S/C32H41N3O5/c1-6-7-8-28(32(37)34-20-23-11-9-22(2)10-12-23)35-30(36)21-40-25-15-13-24(14-16-25)31(33-3)27-18-17-26(38-4)19-29(27)39-5/h9-19,28,31,33H,6-8,20-21H2,1-5H3,(H,34,37)(H,35,36). The van der Waals surface area contributed by atoms with Crippen LogP contribution in [0.25, 0.3) is 0 Å². The maximum absolute atomic E-state index is 12.8. The van der Waals surface area contributed by atoms with Crippen molar-refractivity contribution in [3.63, 3.8) is 0 Å². The minimum atomic E-state index is -0.611. The maximum atomic E-state index is 12.8. The Hall–Kier alpha value is -4.04. The molecule has 214 valence electrons. The molecule has 0 saturated carbocycles. The zero-order valence-corrected chi connectivity index (χ0v) is 24.1. The highest BCUT2D eigenvalue weighted by Gasteiger charge is 2.21. The monoisotopic (exact) mass is 547 g/mol. The van der Waals surface area contributed by atoms with Crippen LogP contribution in [-0.4, -0.2) is 45.7 Å². The summed E-state index contributed by atoms with van der Waals surface area (Å²) in [5.74, 6) is 1.46. The molecule has 3 aromatic rings.